The molecule has 1 fully saturated rings. The topological polar surface area (TPSA) is 44.3 Å². The second-order valence-electron chi connectivity index (χ2n) is 6.24. The lowest BCUT2D eigenvalue weighted by Gasteiger charge is -2.45. The Bertz CT molecular complexity index is 458. The molecule has 112 valence electrons. The normalized spacial score (nSPS) is 19.1. The van der Waals surface area contributed by atoms with Crippen molar-refractivity contribution < 1.29 is 0 Å². The van der Waals surface area contributed by atoms with Crippen molar-refractivity contribution in [3.63, 3.8) is 0 Å². The minimum Gasteiger partial charge on any atom is -0.370 e. The standard InChI is InChI=1S/C15H27N5/c1-6-7-16-13-10-14(18-12(2)17-13)20-9-8-19(5)15(3,4)11-20/h10H,6-9,11H2,1-5H3,(H,16,17,18). The van der Waals surface area contributed by atoms with E-state index < -0.39 is 0 Å². The number of nitrogens with zero attached hydrogens (tertiary/aromatic N) is 4. The third-order valence-electron chi connectivity index (χ3n) is 4.02. The first-order chi connectivity index (χ1) is 9.42. The lowest BCUT2D eigenvalue weighted by molar-refractivity contribution is 0.138. The van der Waals surface area contributed by atoms with Gasteiger partial charge in [-0.05, 0) is 34.2 Å². The minimum atomic E-state index is 0.175. The van der Waals surface area contributed by atoms with Gasteiger partial charge < -0.3 is 10.2 Å². The van der Waals surface area contributed by atoms with Crippen molar-refractivity contribution in [2.24, 2.45) is 0 Å². The van der Waals surface area contributed by atoms with Gasteiger partial charge in [0.15, 0.2) is 0 Å². The summed E-state index contributed by atoms with van der Waals surface area (Å²) in [6, 6.07) is 2.07. The van der Waals surface area contributed by atoms with Crippen molar-refractivity contribution in [1.82, 2.24) is 14.9 Å². The third-order valence-corrected chi connectivity index (χ3v) is 4.02. The van der Waals surface area contributed by atoms with E-state index >= 15 is 0 Å². The van der Waals surface area contributed by atoms with Crippen molar-refractivity contribution in [2.75, 3.05) is 43.4 Å². The summed E-state index contributed by atoms with van der Waals surface area (Å²) in [6.07, 6.45) is 1.10. The number of hydrogen-bond acceptors (Lipinski definition) is 5. The van der Waals surface area contributed by atoms with Crippen molar-refractivity contribution in [3.05, 3.63) is 11.9 Å². The predicted octanol–water partition coefficient (Wildman–Crippen LogP) is 2.14. The monoisotopic (exact) mass is 277 g/mol. The fourth-order valence-electron chi connectivity index (χ4n) is 2.49. The number of piperazine rings is 1. The molecule has 1 aromatic heterocycles. The first-order valence-corrected chi connectivity index (χ1v) is 7.48. The molecule has 0 atom stereocenters. The van der Waals surface area contributed by atoms with Crippen molar-refractivity contribution >= 4 is 11.6 Å². The molecule has 0 bridgehead atoms. The van der Waals surface area contributed by atoms with Crippen LogP contribution in [-0.2, 0) is 0 Å². The molecule has 2 heterocycles. The molecule has 1 saturated heterocycles. The van der Waals surface area contributed by atoms with Crippen LogP contribution in [0.3, 0.4) is 0 Å². The summed E-state index contributed by atoms with van der Waals surface area (Å²) in [7, 11) is 2.19. The van der Waals surface area contributed by atoms with Crippen LogP contribution in [0.2, 0.25) is 0 Å². The van der Waals surface area contributed by atoms with Gasteiger partial charge in [-0.25, -0.2) is 9.97 Å². The average molecular weight is 277 g/mol. The van der Waals surface area contributed by atoms with Gasteiger partial charge in [0.05, 0.1) is 0 Å². The van der Waals surface area contributed by atoms with Crippen LogP contribution in [0, 0.1) is 6.92 Å². The lowest BCUT2D eigenvalue weighted by Crippen LogP contribution is -2.57. The molecule has 5 nitrogen and oxygen atoms in total. The van der Waals surface area contributed by atoms with Gasteiger partial charge in [-0.15, -0.1) is 0 Å². The summed E-state index contributed by atoms with van der Waals surface area (Å²) < 4.78 is 0. The van der Waals surface area contributed by atoms with E-state index in [9.17, 15) is 0 Å². The van der Waals surface area contributed by atoms with E-state index in [0.29, 0.717) is 0 Å². The quantitative estimate of drug-likeness (QED) is 0.913. The first kappa shape index (κ1) is 15.0. The van der Waals surface area contributed by atoms with E-state index in [2.05, 4.69) is 59.0 Å². The van der Waals surface area contributed by atoms with E-state index in [-0.39, 0.29) is 5.54 Å². The number of aromatic nitrogens is 2. The molecule has 2 rings (SSSR count). The minimum absolute atomic E-state index is 0.175. The van der Waals surface area contributed by atoms with Crippen molar-refractivity contribution in [1.29, 1.82) is 0 Å². The van der Waals surface area contributed by atoms with Gasteiger partial charge >= 0.3 is 0 Å². The van der Waals surface area contributed by atoms with Gasteiger partial charge in [-0.1, -0.05) is 6.92 Å². The first-order valence-electron chi connectivity index (χ1n) is 7.48. The fourth-order valence-corrected chi connectivity index (χ4v) is 2.49. The second-order valence-corrected chi connectivity index (χ2v) is 6.24. The van der Waals surface area contributed by atoms with Crippen LogP contribution in [-0.4, -0.2) is 53.6 Å². The Morgan fingerprint density at radius 1 is 1.30 bits per heavy atom. The van der Waals surface area contributed by atoms with Crippen LogP contribution in [0.15, 0.2) is 6.07 Å². The number of anilines is 2. The van der Waals surface area contributed by atoms with Crippen LogP contribution in [0.4, 0.5) is 11.6 Å². The summed E-state index contributed by atoms with van der Waals surface area (Å²) in [5.74, 6) is 2.81. The van der Waals surface area contributed by atoms with E-state index in [4.69, 9.17) is 0 Å². The highest BCUT2D eigenvalue weighted by atomic mass is 15.3. The molecular weight excluding hydrogens is 250 g/mol. The van der Waals surface area contributed by atoms with Crippen LogP contribution in [0.5, 0.6) is 0 Å². The Labute approximate surface area is 122 Å². The van der Waals surface area contributed by atoms with E-state index in [1.165, 1.54) is 0 Å². The second kappa shape index (κ2) is 5.95. The molecule has 5 heteroatoms. The maximum absolute atomic E-state index is 4.61. The van der Waals surface area contributed by atoms with Gasteiger partial charge in [0, 0.05) is 37.8 Å². The molecule has 0 radical (unpaired) electrons. The van der Waals surface area contributed by atoms with Gasteiger partial charge in [0.25, 0.3) is 0 Å². The zero-order valence-corrected chi connectivity index (χ0v) is 13.4. The SMILES string of the molecule is CCCNc1cc(N2CCN(C)C(C)(C)C2)nc(C)n1. The largest absolute Gasteiger partial charge is 0.370 e. The highest BCUT2D eigenvalue weighted by molar-refractivity contribution is 5.50. The molecule has 1 aromatic rings. The summed E-state index contributed by atoms with van der Waals surface area (Å²) in [5.41, 5.74) is 0.175. The van der Waals surface area contributed by atoms with Crippen LogP contribution in [0.25, 0.3) is 0 Å². The number of aryl methyl sites for hydroxylation is 1. The zero-order chi connectivity index (χ0) is 14.8. The molecule has 1 N–H and O–H groups in total. The summed E-state index contributed by atoms with van der Waals surface area (Å²) in [6.45, 7) is 12.7. The maximum Gasteiger partial charge on any atom is 0.134 e. The van der Waals surface area contributed by atoms with Gasteiger partial charge in [0.2, 0.25) is 0 Å². The zero-order valence-electron chi connectivity index (χ0n) is 13.4. The van der Waals surface area contributed by atoms with Crippen molar-refractivity contribution in [2.45, 2.75) is 39.7 Å². The molecular formula is C15H27N5. The third kappa shape index (κ3) is 3.39. The molecule has 1 aliphatic heterocycles. The molecule has 1 aliphatic rings. The number of likely N-dealkylation sites (N-methyl/N-ethyl adjacent to an activating group) is 1. The fraction of sp³-hybridized carbons (Fsp3) is 0.733. The molecule has 0 aliphatic carbocycles. The lowest BCUT2D eigenvalue weighted by atomic mass is 10.00. The number of hydrogen-bond donors (Lipinski definition) is 1. The average Bonchev–Trinajstić information content (AvgIpc) is 2.39. The van der Waals surface area contributed by atoms with Gasteiger partial charge in [0.1, 0.15) is 17.5 Å². The van der Waals surface area contributed by atoms with E-state index in [1.54, 1.807) is 0 Å². The van der Waals surface area contributed by atoms with Crippen LogP contribution in [0.1, 0.15) is 33.0 Å². The van der Waals surface area contributed by atoms with Gasteiger partial charge in [-0.2, -0.15) is 0 Å². The molecule has 0 saturated carbocycles. The smallest absolute Gasteiger partial charge is 0.134 e. The number of rotatable bonds is 4. The molecule has 0 amide bonds. The van der Waals surface area contributed by atoms with Crippen LogP contribution < -0.4 is 10.2 Å². The van der Waals surface area contributed by atoms with Crippen molar-refractivity contribution in [3.8, 4) is 0 Å². The Hall–Kier alpha value is -1.36. The molecule has 20 heavy (non-hydrogen) atoms. The highest BCUT2D eigenvalue weighted by Crippen LogP contribution is 2.24. The van der Waals surface area contributed by atoms with Gasteiger partial charge in [-0.3, -0.25) is 4.90 Å². The van der Waals surface area contributed by atoms with Crippen LogP contribution >= 0.6 is 0 Å². The number of nitrogens with one attached hydrogen (secondary N) is 1. The Balaban J connectivity index is 2.17. The Kier molecular flexibility index (Phi) is 4.48. The molecule has 0 unspecified atom stereocenters. The summed E-state index contributed by atoms with van der Waals surface area (Å²) >= 11 is 0. The predicted molar refractivity (Wildman–Crippen MR) is 84.5 cm³/mol. The maximum atomic E-state index is 4.61. The van der Waals surface area contributed by atoms with E-state index in [0.717, 1.165) is 50.1 Å². The summed E-state index contributed by atoms with van der Waals surface area (Å²) in [4.78, 5) is 13.8. The summed E-state index contributed by atoms with van der Waals surface area (Å²) in [5, 5.41) is 3.36. The highest BCUT2D eigenvalue weighted by Gasteiger charge is 2.31. The Morgan fingerprint density at radius 2 is 2.05 bits per heavy atom. The van der Waals surface area contributed by atoms with E-state index in [1.807, 2.05) is 6.92 Å². The Morgan fingerprint density at radius 3 is 2.70 bits per heavy atom. The molecule has 0 spiro atoms. The molecule has 0 aromatic carbocycles.